The van der Waals surface area contributed by atoms with Gasteiger partial charge in [0, 0.05) is 23.5 Å². The lowest BCUT2D eigenvalue weighted by molar-refractivity contribution is -0.122. The van der Waals surface area contributed by atoms with Crippen molar-refractivity contribution in [3.05, 3.63) is 30.1 Å². The van der Waals surface area contributed by atoms with Crippen molar-refractivity contribution in [1.82, 2.24) is 25.5 Å². The highest BCUT2D eigenvalue weighted by Gasteiger charge is 2.42. The van der Waals surface area contributed by atoms with Gasteiger partial charge in [0.1, 0.15) is 5.82 Å². The number of thioether (sulfide) groups is 1. The summed E-state index contributed by atoms with van der Waals surface area (Å²) in [6.45, 7) is 8.58. The molecule has 3 amide bonds. The third kappa shape index (κ3) is 4.75. The maximum absolute atomic E-state index is 12.8. The van der Waals surface area contributed by atoms with E-state index in [4.69, 9.17) is 4.98 Å². The summed E-state index contributed by atoms with van der Waals surface area (Å²) >= 11 is 1.92. The zero-order chi connectivity index (χ0) is 22.8. The fraction of sp³-hybridized carbons (Fsp3) is 0.625. The van der Waals surface area contributed by atoms with Gasteiger partial charge in [0.2, 0.25) is 5.91 Å². The number of urea groups is 1. The minimum atomic E-state index is -0.122. The van der Waals surface area contributed by atoms with Crippen LogP contribution in [0.25, 0.3) is 11.0 Å². The van der Waals surface area contributed by atoms with E-state index >= 15 is 0 Å². The third-order valence-electron chi connectivity index (χ3n) is 6.48. The number of nitrogens with one attached hydrogen (secondary N) is 3. The van der Waals surface area contributed by atoms with Gasteiger partial charge in [-0.3, -0.25) is 4.79 Å². The maximum atomic E-state index is 12.8. The molecule has 8 heteroatoms. The molecule has 32 heavy (non-hydrogen) atoms. The Kier molecular flexibility index (Phi) is 6.98. The highest BCUT2D eigenvalue weighted by Crippen LogP contribution is 2.33. The van der Waals surface area contributed by atoms with E-state index in [0.717, 1.165) is 41.9 Å². The summed E-state index contributed by atoms with van der Waals surface area (Å²) in [5, 5.41) is 9.73. The molecule has 4 rings (SSSR count). The molecule has 0 bridgehead atoms. The number of rotatable bonds is 9. The fourth-order valence-electron chi connectivity index (χ4n) is 4.87. The smallest absolute Gasteiger partial charge is 0.315 e. The van der Waals surface area contributed by atoms with Crippen molar-refractivity contribution < 1.29 is 9.59 Å². The van der Waals surface area contributed by atoms with Crippen LogP contribution in [0.4, 0.5) is 4.79 Å². The van der Waals surface area contributed by atoms with Crippen LogP contribution in [-0.4, -0.2) is 44.6 Å². The summed E-state index contributed by atoms with van der Waals surface area (Å²) in [4.78, 5) is 29.3. The first kappa shape index (κ1) is 23.0. The highest BCUT2D eigenvalue weighted by atomic mass is 32.2. The molecule has 0 aliphatic carbocycles. The molecule has 2 aliphatic rings. The average Bonchev–Trinajstić information content (AvgIpc) is 3.41. The molecule has 0 saturated carbocycles. The van der Waals surface area contributed by atoms with E-state index in [0.29, 0.717) is 11.7 Å². The molecule has 1 aromatic carbocycles. The summed E-state index contributed by atoms with van der Waals surface area (Å²) < 4.78 is 2.25. The summed E-state index contributed by atoms with van der Waals surface area (Å²) in [6.07, 6.45) is 3.38. The van der Waals surface area contributed by atoms with Gasteiger partial charge in [0.15, 0.2) is 0 Å². The minimum absolute atomic E-state index is 0.0446. The zero-order valence-corrected chi connectivity index (χ0v) is 20.2. The van der Waals surface area contributed by atoms with Gasteiger partial charge in [-0.15, -0.1) is 0 Å². The second kappa shape index (κ2) is 9.73. The number of imidazole rings is 1. The predicted molar refractivity (Wildman–Crippen MR) is 130 cm³/mol. The molecule has 2 saturated heterocycles. The number of fused-ring (bicyclic) bond motifs is 2. The van der Waals surface area contributed by atoms with Crippen molar-refractivity contribution in [2.45, 2.75) is 82.8 Å². The number of para-hydroxylation sites is 2. The number of hydrogen-bond acceptors (Lipinski definition) is 4. The molecule has 2 fully saturated rings. The van der Waals surface area contributed by atoms with Gasteiger partial charge in [-0.05, 0) is 44.7 Å². The summed E-state index contributed by atoms with van der Waals surface area (Å²) in [5.74, 6) is 2.22. The fourth-order valence-corrected chi connectivity index (χ4v) is 6.42. The van der Waals surface area contributed by atoms with Crippen molar-refractivity contribution in [2.75, 3.05) is 5.75 Å². The van der Waals surface area contributed by atoms with Gasteiger partial charge >= 0.3 is 6.03 Å². The lowest BCUT2D eigenvalue weighted by Crippen LogP contribution is -2.36. The second-order valence-electron chi connectivity index (χ2n) is 9.58. The largest absolute Gasteiger partial charge is 0.346 e. The van der Waals surface area contributed by atoms with Crippen LogP contribution in [0.1, 0.15) is 71.3 Å². The van der Waals surface area contributed by atoms with Crippen LogP contribution in [0.15, 0.2) is 24.3 Å². The van der Waals surface area contributed by atoms with Gasteiger partial charge < -0.3 is 20.5 Å². The number of amides is 3. The molecule has 4 atom stereocenters. The Morgan fingerprint density at radius 2 is 2.00 bits per heavy atom. The average molecular weight is 458 g/mol. The van der Waals surface area contributed by atoms with Crippen LogP contribution in [0.5, 0.6) is 0 Å². The zero-order valence-electron chi connectivity index (χ0n) is 19.4. The molecule has 0 spiro atoms. The molecule has 2 aliphatic heterocycles. The van der Waals surface area contributed by atoms with Gasteiger partial charge in [-0.2, -0.15) is 11.8 Å². The number of carbonyl (C=O) groups excluding carboxylic acids is 2. The summed E-state index contributed by atoms with van der Waals surface area (Å²) in [7, 11) is 0. The normalized spacial score (nSPS) is 23.4. The maximum Gasteiger partial charge on any atom is 0.315 e. The van der Waals surface area contributed by atoms with Crippen molar-refractivity contribution >= 4 is 34.7 Å². The van der Waals surface area contributed by atoms with Gasteiger partial charge in [0.05, 0.1) is 29.2 Å². The van der Waals surface area contributed by atoms with E-state index in [1.807, 2.05) is 30.0 Å². The van der Waals surface area contributed by atoms with E-state index < -0.39 is 0 Å². The number of aromatic nitrogens is 2. The van der Waals surface area contributed by atoms with Crippen LogP contribution in [0.3, 0.4) is 0 Å². The number of benzene rings is 1. The number of hydrogen-bond donors (Lipinski definition) is 3. The molecular weight excluding hydrogens is 422 g/mol. The molecular formula is C24H35N5O2S. The minimum Gasteiger partial charge on any atom is -0.346 e. The third-order valence-corrected chi connectivity index (χ3v) is 7.99. The number of unbranched alkanes of at least 4 members (excludes halogenated alkanes) is 1. The molecule has 1 aromatic heterocycles. The molecule has 3 heterocycles. The summed E-state index contributed by atoms with van der Waals surface area (Å²) in [5.41, 5.74) is 2.08. The van der Waals surface area contributed by atoms with E-state index in [1.54, 1.807) is 0 Å². The van der Waals surface area contributed by atoms with Gasteiger partial charge in [-0.1, -0.05) is 32.4 Å². The van der Waals surface area contributed by atoms with Crippen LogP contribution in [0.2, 0.25) is 0 Å². The van der Waals surface area contributed by atoms with E-state index in [-0.39, 0.29) is 42.0 Å². The van der Waals surface area contributed by atoms with Crippen molar-refractivity contribution in [2.24, 2.45) is 5.92 Å². The first-order chi connectivity index (χ1) is 15.3. The van der Waals surface area contributed by atoms with Crippen LogP contribution >= 0.6 is 11.8 Å². The van der Waals surface area contributed by atoms with Gasteiger partial charge in [-0.25, -0.2) is 9.78 Å². The standard InChI is InChI=1S/C24H35N5O2S/c1-14(2)21(23-25-16-9-5-6-10-18(16)29(23)15(3)4)27-20(30)12-8-7-11-19-22-17(13-32-19)26-24(31)28-22/h5-6,9-10,14-15,17,19,21-22H,7-8,11-13H2,1-4H3,(H,27,30)(H2,26,28,31)/t17-,19-,21-,22-/m0/s1. The van der Waals surface area contributed by atoms with Crippen LogP contribution in [0, 0.1) is 5.92 Å². The number of nitrogens with zero attached hydrogens (tertiary/aromatic N) is 2. The molecule has 2 aromatic rings. The topological polar surface area (TPSA) is 88.1 Å². The monoisotopic (exact) mass is 457 g/mol. The van der Waals surface area contributed by atoms with E-state index in [9.17, 15) is 9.59 Å². The highest BCUT2D eigenvalue weighted by molar-refractivity contribution is 8.00. The molecule has 174 valence electrons. The van der Waals surface area contributed by atoms with Crippen LogP contribution < -0.4 is 16.0 Å². The Balaban J connectivity index is 1.34. The SMILES string of the molecule is CC(C)[C@H](NC(=O)CCCC[C@@H]1SC[C@@H]2NC(=O)N[C@@H]21)c1nc2ccccc2n1C(C)C. The lowest BCUT2D eigenvalue weighted by Gasteiger charge is -2.25. The van der Waals surface area contributed by atoms with E-state index in [2.05, 4.69) is 54.3 Å². The second-order valence-corrected chi connectivity index (χ2v) is 10.9. The quantitative estimate of drug-likeness (QED) is 0.390. The van der Waals surface area contributed by atoms with Crippen molar-refractivity contribution in [3.8, 4) is 0 Å². The lowest BCUT2D eigenvalue weighted by atomic mass is 10.0. The van der Waals surface area contributed by atoms with E-state index in [1.165, 1.54) is 0 Å². The molecule has 7 nitrogen and oxygen atoms in total. The predicted octanol–water partition coefficient (Wildman–Crippen LogP) is 4.16. The Hall–Kier alpha value is -2.22. The van der Waals surface area contributed by atoms with Crippen molar-refractivity contribution in [3.63, 3.8) is 0 Å². The van der Waals surface area contributed by atoms with Crippen LogP contribution in [-0.2, 0) is 4.79 Å². The number of carbonyl (C=O) groups is 2. The molecule has 0 unspecified atom stereocenters. The summed E-state index contributed by atoms with van der Waals surface area (Å²) in [6, 6.07) is 8.75. The first-order valence-corrected chi connectivity index (χ1v) is 12.8. The van der Waals surface area contributed by atoms with Crippen molar-refractivity contribution in [1.29, 1.82) is 0 Å². The Bertz CT molecular complexity index is 972. The Morgan fingerprint density at radius 1 is 1.22 bits per heavy atom. The Morgan fingerprint density at radius 3 is 2.75 bits per heavy atom. The molecule has 3 N–H and O–H groups in total. The van der Waals surface area contributed by atoms with Gasteiger partial charge in [0.25, 0.3) is 0 Å². The Labute approximate surface area is 194 Å². The first-order valence-electron chi connectivity index (χ1n) is 11.8. The molecule has 0 radical (unpaired) electrons.